The third kappa shape index (κ3) is 5.60. The number of hydrogen-bond acceptors (Lipinski definition) is 7. The molecule has 0 bridgehead atoms. The number of anilines is 2. The summed E-state index contributed by atoms with van der Waals surface area (Å²) in [5.74, 6) is 0.386. The predicted molar refractivity (Wildman–Crippen MR) is 138 cm³/mol. The Bertz CT molecular complexity index is 1370. The van der Waals surface area contributed by atoms with Crippen LogP contribution in [0.1, 0.15) is 32.6 Å². The summed E-state index contributed by atoms with van der Waals surface area (Å²) in [6, 6.07) is 4.79. The van der Waals surface area contributed by atoms with E-state index in [1.807, 2.05) is 13.0 Å². The number of aromatic nitrogens is 3. The minimum Gasteiger partial charge on any atom is -0.383 e. The second-order valence-corrected chi connectivity index (χ2v) is 9.45. The molecular formula is C25H26ClN7O3. The lowest BCUT2D eigenvalue weighted by molar-refractivity contribution is -0.115. The van der Waals surface area contributed by atoms with Gasteiger partial charge in [-0.15, -0.1) is 0 Å². The molecule has 1 aliphatic carbocycles. The van der Waals surface area contributed by atoms with Crippen molar-refractivity contribution in [3.05, 3.63) is 53.5 Å². The van der Waals surface area contributed by atoms with Gasteiger partial charge in [-0.2, -0.15) is 0 Å². The molecule has 0 unspecified atom stereocenters. The predicted octanol–water partition coefficient (Wildman–Crippen LogP) is 3.92. The number of nitrogens with zero attached hydrogens (tertiary/aromatic N) is 4. The number of nitrogen functional groups attached to an aromatic ring is 1. The summed E-state index contributed by atoms with van der Waals surface area (Å²) in [5.41, 5.74) is 7.90. The smallest absolute Gasteiger partial charge is 0.324 e. The Morgan fingerprint density at radius 2 is 1.97 bits per heavy atom. The van der Waals surface area contributed by atoms with Crippen LogP contribution in [0.5, 0.6) is 0 Å². The van der Waals surface area contributed by atoms with Gasteiger partial charge in [0.15, 0.2) is 0 Å². The van der Waals surface area contributed by atoms with E-state index in [4.69, 9.17) is 17.3 Å². The highest BCUT2D eigenvalue weighted by atomic mass is 35.5. The fraction of sp³-hybridized carbons (Fsp3) is 0.280. The summed E-state index contributed by atoms with van der Waals surface area (Å²) in [6.07, 6.45) is 9.44. The molecule has 4 rings (SSSR count). The van der Waals surface area contributed by atoms with Crippen molar-refractivity contribution in [1.29, 1.82) is 0 Å². The first-order chi connectivity index (χ1) is 17.2. The fourth-order valence-electron chi connectivity index (χ4n) is 4.08. The maximum absolute atomic E-state index is 12.7. The van der Waals surface area contributed by atoms with Crippen molar-refractivity contribution in [2.24, 2.45) is 0 Å². The van der Waals surface area contributed by atoms with Crippen LogP contribution in [-0.2, 0) is 9.59 Å². The van der Waals surface area contributed by atoms with Crippen molar-refractivity contribution in [3.8, 4) is 11.3 Å². The van der Waals surface area contributed by atoms with Crippen LogP contribution in [0.2, 0.25) is 5.02 Å². The monoisotopic (exact) mass is 507 g/mol. The molecule has 0 atom stereocenters. The van der Waals surface area contributed by atoms with Gasteiger partial charge in [-0.25, -0.2) is 14.8 Å². The first kappa shape index (κ1) is 25.1. The Balaban J connectivity index is 1.45. The number of urea groups is 1. The van der Waals surface area contributed by atoms with Crippen LogP contribution in [0.4, 0.5) is 16.4 Å². The molecule has 11 heteroatoms. The minimum atomic E-state index is -0.440. The van der Waals surface area contributed by atoms with E-state index in [0.29, 0.717) is 65.4 Å². The van der Waals surface area contributed by atoms with Crippen molar-refractivity contribution >= 4 is 52.4 Å². The van der Waals surface area contributed by atoms with E-state index in [1.165, 1.54) is 7.05 Å². The van der Waals surface area contributed by atoms with Crippen LogP contribution in [0.3, 0.4) is 0 Å². The normalized spacial score (nSPS) is 17.4. The lowest BCUT2D eigenvalue weighted by atomic mass is 9.80. The molecule has 0 aromatic carbocycles. The Labute approximate surface area is 213 Å². The highest BCUT2D eigenvalue weighted by molar-refractivity contribution is 6.33. The first-order valence-corrected chi connectivity index (χ1v) is 11.7. The van der Waals surface area contributed by atoms with Crippen molar-refractivity contribution in [2.45, 2.75) is 38.1 Å². The van der Waals surface area contributed by atoms with E-state index in [2.05, 4.69) is 25.6 Å². The van der Waals surface area contributed by atoms with Crippen molar-refractivity contribution in [3.63, 3.8) is 0 Å². The summed E-state index contributed by atoms with van der Waals surface area (Å²) in [7, 11) is 1.41. The summed E-state index contributed by atoms with van der Waals surface area (Å²) < 4.78 is 0. The van der Waals surface area contributed by atoms with Crippen molar-refractivity contribution in [1.82, 2.24) is 25.2 Å². The second-order valence-electron chi connectivity index (χ2n) is 9.04. The molecule has 0 radical (unpaired) electrons. The number of fused-ring (bicyclic) bond motifs is 1. The number of imide groups is 1. The van der Waals surface area contributed by atoms with E-state index >= 15 is 0 Å². The summed E-state index contributed by atoms with van der Waals surface area (Å²) >= 11 is 6.28. The largest absolute Gasteiger partial charge is 0.383 e. The molecule has 1 fully saturated rings. The molecule has 4 N–H and O–H groups in total. The van der Waals surface area contributed by atoms with Gasteiger partial charge < -0.3 is 16.4 Å². The van der Waals surface area contributed by atoms with E-state index in [1.54, 1.807) is 36.8 Å². The molecule has 3 aromatic rings. The number of carbonyl (C=O) groups excluding carboxylic acids is 3. The molecule has 36 heavy (non-hydrogen) atoms. The van der Waals surface area contributed by atoms with Gasteiger partial charge in [0.25, 0.3) is 0 Å². The van der Waals surface area contributed by atoms with Crippen LogP contribution in [0, 0.1) is 0 Å². The molecule has 0 aliphatic heterocycles. The van der Waals surface area contributed by atoms with Crippen LogP contribution in [-0.4, -0.2) is 50.8 Å². The topological polar surface area (TPSA) is 143 Å². The number of pyridine rings is 3. The van der Waals surface area contributed by atoms with E-state index in [9.17, 15) is 14.4 Å². The average molecular weight is 508 g/mol. The molecule has 1 aliphatic rings. The third-order valence-electron chi connectivity index (χ3n) is 6.26. The number of hydrogen-bond donors (Lipinski definition) is 3. The van der Waals surface area contributed by atoms with Gasteiger partial charge in [0, 0.05) is 48.2 Å². The second kappa shape index (κ2) is 10.3. The number of rotatable bonds is 5. The standard InChI is InChI=1S/C25H26ClN7O3/c1-25(32-24(36)33(2)14-34)6-3-15(4-7-25)9-22(35)31-21-11-16-10-20(18-12-28-8-5-19(18)26)30-23(27)17(16)13-29-21/h5,8-14H,3-4,6-7H2,1-2H3,(H2,27,30)(H,32,36)(H,29,31,35). The Morgan fingerprint density at radius 1 is 1.22 bits per heavy atom. The van der Waals surface area contributed by atoms with E-state index in [-0.39, 0.29) is 5.91 Å². The molecule has 3 aromatic heterocycles. The zero-order valence-corrected chi connectivity index (χ0v) is 20.7. The molecule has 186 valence electrons. The maximum atomic E-state index is 12.7. The van der Waals surface area contributed by atoms with Crippen LogP contribution in [0.25, 0.3) is 22.0 Å². The summed E-state index contributed by atoms with van der Waals surface area (Å²) in [4.78, 5) is 49.3. The lowest BCUT2D eigenvalue weighted by Gasteiger charge is -2.36. The van der Waals surface area contributed by atoms with Gasteiger partial charge in [0.1, 0.15) is 11.6 Å². The molecule has 0 saturated heterocycles. The van der Waals surface area contributed by atoms with E-state index in [0.717, 1.165) is 15.9 Å². The quantitative estimate of drug-likeness (QED) is 0.350. The van der Waals surface area contributed by atoms with Crippen molar-refractivity contribution < 1.29 is 14.4 Å². The van der Waals surface area contributed by atoms with Gasteiger partial charge in [0.05, 0.1) is 10.7 Å². The number of allylic oxidation sites excluding steroid dienone is 1. The molecule has 1 saturated carbocycles. The van der Waals surface area contributed by atoms with Crippen LogP contribution < -0.4 is 16.4 Å². The zero-order chi connectivity index (χ0) is 25.9. The van der Waals surface area contributed by atoms with E-state index < -0.39 is 11.6 Å². The molecule has 10 nitrogen and oxygen atoms in total. The summed E-state index contributed by atoms with van der Waals surface area (Å²) in [5, 5.41) is 7.61. The number of amides is 4. The van der Waals surface area contributed by atoms with Crippen LogP contribution >= 0.6 is 11.6 Å². The Morgan fingerprint density at radius 3 is 2.67 bits per heavy atom. The van der Waals surface area contributed by atoms with Gasteiger partial charge in [-0.3, -0.25) is 19.5 Å². The third-order valence-corrected chi connectivity index (χ3v) is 6.59. The van der Waals surface area contributed by atoms with Gasteiger partial charge in [0.2, 0.25) is 12.3 Å². The molecule has 3 heterocycles. The minimum absolute atomic E-state index is 0.289. The fourth-order valence-corrected chi connectivity index (χ4v) is 4.28. The highest BCUT2D eigenvalue weighted by Gasteiger charge is 2.31. The number of halogens is 1. The average Bonchev–Trinajstić information content (AvgIpc) is 2.85. The SMILES string of the molecule is CN(C=O)C(=O)NC1(C)CCC(=CC(=O)Nc2cc3cc(-c4cnccc4Cl)nc(N)c3cn2)CC1. The maximum Gasteiger partial charge on any atom is 0.324 e. The zero-order valence-electron chi connectivity index (χ0n) is 19.9. The van der Waals surface area contributed by atoms with Gasteiger partial charge in [-0.05, 0) is 56.2 Å². The highest BCUT2D eigenvalue weighted by Crippen LogP contribution is 2.32. The number of carbonyl (C=O) groups is 3. The number of nitrogens with one attached hydrogen (secondary N) is 2. The van der Waals surface area contributed by atoms with Crippen molar-refractivity contribution in [2.75, 3.05) is 18.1 Å². The Kier molecular flexibility index (Phi) is 7.16. The first-order valence-electron chi connectivity index (χ1n) is 11.3. The van der Waals surface area contributed by atoms with Gasteiger partial charge >= 0.3 is 6.03 Å². The number of nitrogens with two attached hydrogens (primary N) is 1. The summed E-state index contributed by atoms with van der Waals surface area (Å²) in [6.45, 7) is 1.94. The Hall–Kier alpha value is -4.05. The van der Waals surface area contributed by atoms with Gasteiger partial charge in [-0.1, -0.05) is 17.2 Å². The molecular weight excluding hydrogens is 482 g/mol. The molecule has 4 amide bonds. The molecule has 0 spiro atoms. The lowest BCUT2D eigenvalue weighted by Crippen LogP contribution is -2.51. The van der Waals surface area contributed by atoms with Crippen LogP contribution in [0.15, 0.2) is 48.4 Å².